The van der Waals surface area contributed by atoms with Crippen molar-refractivity contribution in [3.05, 3.63) is 115 Å². The zero-order chi connectivity index (χ0) is 41.5. The first kappa shape index (κ1) is 40.7. The van der Waals surface area contributed by atoms with Crippen LogP contribution >= 0.6 is 0 Å². The topological polar surface area (TPSA) is 142 Å². The third kappa shape index (κ3) is 9.78. The highest BCUT2D eigenvalue weighted by atomic mass is 16.5. The van der Waals surface area contributed by atoms with Gasteiger partial charge in [-0.05, 0) is 87.7 Å². The fourth-order valence-corrected chi connectivity index (χ4v) is 7.23. The monoisotopic (exact) mass is 792 g/mol. The molecule has 0 saturated carbocycles. The number of nitrogens with zero attached hydrogens (tertiary/aromatic N) is 4. The number of anilines is 3. The predicted octanol–water partition coefficient (Wildman–Crippen LogP) is 7.54. The van der Waals surface area contributed by atoms with Crippen molar-refractivity contribution in [1.82, 2.24) is 15.3 Å². The summed E-state index contributed by atoms with van der Waals surface area (Å²) in [4.78, 5) is 50.0. The van der Waals surface area contributed by atoms with Crippen LogP contribution in [0.2, 0.25) is 0 Å². The summed E-state index contributed by atoms with van der Waals surface area (Å²) in [6.45, 7) is 7.77. The van der Waals surface area contributed by atoms with Crippen LogP contribution < -0.4 is 30.4 Å². The number of pyridine rings is 4. The smallest absolute Gasteiger partial charge is 0.274 e. The van der Waals surface area contributed by atoms with Gasteiger partial charge in [-0.3, -0.25) is 14.4 Å². The lowest BCUT2D eigenvalue weighted by Crippen LogP contribution is -2.35. The van der Waals surface area contributed by atoms with E-state index >= 15 is 0 Å². The first-order chi connectivity index (χ1) is 28.5. The summed E-state index contributed by atoms with van der Waals surface area (Å²) >= 11 is 0. The Kier molecular flexibility index (Phi) is 12.4. The second-order valence-electron chi connectivity index (χ2n) is 15.6. The molecule has 7 rings (SSSR count). The highest BCUT2D eigenvalue weighted by Gasteiger charge is 2.22. The van der Waals surface area contributed by atoms with Crippen LogP contribution in [-0.2, 0) is 23.6 Å². The Labute approximate surface area is 344 Å². The van der Waals surface area contributed by atoms with Gasteiger partial charge in [0.25, 0.3) is 11.8 Å². The zero-order valence-corrected chi connectivity index (χ0v) is 34.4. The standard InChI is InChI=1S/C47H50N8O4/c1-6-7-26-59-47(2,3)30-42(56)49-23-9-8-22-48-38-29-39(46(58)51-35-17-21-41-33(28-35)13-11-25-55(41)5)53-44-36(38)18-14-31-15-19-37(52-43(31)44)45(57)50-34-16-20-40-32(27-34)12-10-24-54(40)4/h10-21,24-25,27-29H,6-9,22-23,26,30H2,1-5H3,(H2-2,48,49,50,51,53,56,57,58)/p+2. The number of carbonyl (C=O) groups excluding carboxylic acids is 3. The molecule has 4 heterocycles. The second kappa shape index (κ2) is 17.9. The van der Waals surface area contributed by atoms with Crippen molar-refractivity contribution in [3.63, 3.8) is 0 Å². The molecule has 0 radical (unpaired) electrons. The molecule has 0 aliphatic heterocycles. The molecule has 0 aliphatic carbocycles. The molecule has 7 aromatic rings. The van der Waals surface area contributed by atoms with Crippen LogP contribution in [0.3, 0.4) is 0 Å². The van der Waals surface area contributed by atoms with E-state index in [0.29, 0.717) is 54.2 Å². The van der Waals surface area contributed by atoms with Gasteiger partial charge in [-0.1, -0.05) is 25.5 Å². The van der Waals surface area contributed by atoms with Gasteiger partial charge in [-0.2, -0.15) is 0 Å². The van der Waals surface area contributed by atoms with E-state index in [4.69, 9.17) is 14.7 Å². The van der Waals surface area contributed by atoms with Crippen molar-refractivity contribution >= 4 is 78.4 Å². The van der Waals surface area contributed by atoms with E-state index in [-0.39, 0.29) is 29.1 Å². The van der Waals surface area contributed by atoms with Gasteiger partial charge in [-0.25, -0.2) is 19.1 Å². The van der Waals surface area contributed by atoms with E-state index in [0.717, 1.165) is 58.3 Å². The first-order valence-corrected chi connectivity index (χ1v) is 20.3. The van der Waals surface area contributed by atoms with Crippen molar-refractivity contribution in [2.24, 2.45) is 14.1 Å². The third-order valence-corrected chi connectivity index (χ3v) is 10.4. The molecule has 59 heavy (non-hydrogen) atoms. The number of amides is 3. The molecule has 12 nitrogen and oxygen atoms in total. The molecule has 3 amide bonds. The molecule has 0 unspecified atom stereocenters. The van der Waals surface area contributed by atoms with Gasteiger partial charge in [0, 0.05) is 82.6 Å². The van der Waals surface area contributed by atoms with Gasteiger partial charge in [-0.15, -0.1) is 0 Å². The van der Waals surface area contributed by atoms with Crippen molar-refractivity contribution < 1.29 is 28.3 Å². The number of fused-ring (bicyclic) bond motifs is 5. The summed E-state index contributed by atoms with van der Waals surface area (Å²) in [7, 11) is 3.96. The summed E-state index contributed by atoms with van der Waals surface area (Å²) in [6.07, 6.45) is 7.79. The molecule has 0 spiro atoms. The van der Waals surface area contributed by atoms with E-state index in [1.807, 2.05) is 128 Å². The third-order valence-electron chi connectivity index (χ3n) is 10.4. The maximum absolute atomic E-state index is 14.0. The molecule has 0 saturated heterocycles. The van der Waals surface area contributed by atoms with Crippen molar-refractivity contribution in [2.75, 3.05) is 35.6 Å². The maximum Gasteiger partial charge on any atom is 0.274 e. The summed E-state index contributed by atoms with van der Waals surface area (Å²) in [6, 6.07) is 28.7. The number of aryl methyl sites for hydroxylation is 2. The van der Waals surface area contributed by atoms with Crippen molar-refractivity contribution in [2.45, 2.75) is 58.5 Å². The van der Waals surface area contributed by atoms with Crippen molar-refractivity contribution in [3.8, 4) is 0 Å². The number of rotatable bonds is 16. The van der Waals surface area contributed by atoms with Crippen LogP contribution in [0.15, 0.2) is 103 Å². The second-order valence-corrected chi connectivity index (χ2v) is 15.6. The number of hydrogen-bond acceptors (Lipinski definition) is 7. The Hall–Kier alpha value is -6.53. The molecule has 3 aromatic carbocycles. The molecule has 0 fully saturated rings. The summed E-state index contributed by atoms with van der Waals surface area (Å²) < 4.78 is 9.96. The maximum atomic E-state index is 14.0. The molecule has 0 bridgehead atoms. The fraction of sp³-hybridized carbons (Fsp3) is 0.298. The number of aromatic nitrogens is 4. The number of unbranched alkanes of at least 4 members (excludes halogenated alkanes) is 2. The number of carbonyl (C=O) groups is 3. The van der Waals surface area contributed by atoms with E-state index in [1.54, 1.807) is 12.1 Å². The van der Waals surface area contributed by atoms with Crippen molar-refractivity contribution in [1.29, 1.82) is 0 Å². The minimum Gasteiger partial charge on any atom is -0.384 e. The minimum atomic E-state index is -0.515. The molecular formula is C47H52N8O4+2. The molecular weight excluding hydrogens is 741 g/mol. The summed E-state index contributed by atoms with van der Waals surface area (Å²) in [5, 5.41) is 16.1. The van der Waals surface area contributed by atoms with Crippen LogP contribution in [0, 0.1) is 0 Å². The number of ether oxygens (including phenoxy) is 1. The molecule has 0 aliphatic rings. The van der Waals surface area contributed by atoms with E-state index in [1.165, 1.54) is 0 Å². The Bertz CT molecular complexity index is 2700. The van der Waals surface area contributed by atoms with Crippen LogP contribution in [0.4, 0.5) is 17.1 Å². The van der Waals surface area contributed by atoms with Gasteiger partial charge in [0.2, 0.25) is 16.9 Å². The predicted molar refractivity (Wildman–Crippen MR) is 233 cm³/mol. The molecule has 302 valence electrons. The van der Waals surface area contributed by atoms with Crippen LogP contribution in [0.5, 0.6) is 0 Å². The van der Waals surface area contributed by atoms with Gasteiger partial charge in [0.15, 0.2) is 12.4 Å². The Morgan fingerprint density at radius 1 is 0.678 bits per heavy atom. The minimum absolute atomic E-state index is 0.0329. The number of hydrogen-bond donors (Lipinski definition) is 4. The normalized spacial score (nSPS) is 11.6. The van der Waals surface area contributed by atoms with Gasteiger partial charge in [0.05, 0.1) is 23.1 Å². The lowest BCUT2D eigenvalue weighted by atomic mass is 10.0. The molecule has 4 N–H and O–H groups in total. The van der Waals surface area contributed by atoms with Crippen LogP contribution in [0.25, 0.3) is 43.6 Å². The average molecular weight is 793 g/mol. The van der Waals surface area contributed by atoms with E-state index < -0.39 is 5.60 Å². The largest absolute Gasteiger partial charge is 0.384 e. The van der Waals surface area contributed by atoms with E-state index in [2.05, 4.69) is 28.2 Å². The zero-order valence-electron chi connectivity index (χ0n) is 34.4. The van der Waals surface area contributed by atoms with Crippen LogP contribution in [0.1, 0.15) is 73.9 Å². The average Bonchev–Trinajstić information content (AvgIpc) is 3.21. The molecule has 4 aromatic heterocycles. The lowest BCUT2D eigenvalue weighted by Gasteiger charge is -2.24. The highest BCUT2D eigenvalue weighted by molar-refractivity contribution is 6.13. The van der Waals surface area contributed by atoms with E-state index in [9.17, 15) is 14.4 Å². The lowest BCUT2D eigenvalue weighted by molar-refractivity contribution is -0.645. The SMILES string of the molecule is CCCCOC(C)(C)CC(=O)NCCCCNc1cc(C(=O)Nc2ccc3c(ccc[n+]3C)c2)nc2c1ccc1ccc(C(=O)Nc3ccc4c(ccc[n+]4C)c3)nc12. The highest BCUT2D eigenvalue weighted by Crippen LogP contribution is 2.30. The number of nitrogens with one attached hydrogen (secondary N) is 4. The molecule has 0 atom stereocenters. The summed E-state index contributed by atoms with van der Waals surface area (Å²) in [5.41, 5.74) is 4.98. The summed E-state index contributed by atoms with van der Waals surface area (Å²) in [5.74, 6) is -0.774. The quantitative estimate of drug-likeness (QED) is 0.0450. The Morgan fingerprint density at radius 2 is 1.29 bits per heavy atom. The molecule has 12 heteroatoms. The van der Waals surface area contributed by atoms with Gasteiger partial charge < -0.3 is 26.0 Å². The van der Waals surface area contributed by atoms with Gasteiger partial charge >= 0.3 is 0 Å². The Balaban J connectivity index is 1.12. The van der Waals surface area contributed by atoms with Crippen LogP contribution in [-0.4, -0.2) is 53.0 Å². The Morgan fingerprint density at radius 3 is 1.95 bits per heavy atom. The fourth-order valence-electron chi connectivity index (χ4n) is 7.23. The van der Waals surface area contributed by atoms with Gasteiger partial charge in [0.1, 0.15) is 25.5 Å². The number of benzene rings is 3. The first-order valence-electron chi connectivity index (χ1n) is 20.3.